The third kappa shape index (κ3) is 11.4. The van der Waals surface area contributed by atoms with Crippen LogP contribution in [-0.2, 0) is 33.5 Å². The minimum absolute atomic E-state index is 0.00325. The molecule has 13 heteroatoms. The highest BCUT2D eigenvalue weighted by Crippen LogP contribution is 2.21. The van der Waals surface area contributed by atoms with Gasteiger partial charge in [0, 0.05) is 38.5 Å². The summed E-state index contributed by atoms with van der Waals surface area (Å²) in [5, 5.41) is 8.55. The minimum atomic E-state index is -0.914. The Labute approximate surface area is 245 Å². The van der Waals surface area contributed by atoms with Crippen LogP contribution >= 0.6 is 23.5 Å². The molecule has 0 radical (unpaired) electrons. The molecule has 40 heavy (non-hydrogen) atoms. The number of carbonyl (C=O) groups is 6. The molecule has 0 aliphatic carbocycles. The molecule has 2 fully saturated rings. The molecule has 0 aromatic heterocycles. The molecule has 2 aliphatic rings. The van der Waals surface area contributed by atoms with Gasteiger partial charge in [0.1, 0.15) is 24.2 Å². The van der Waals surface area contributed by atoms with Crippen molar-refractivity contribution in [3.05, 3.63) is 0 Å². The molecule has 0 saturated carbocycles. The molecule has 0 spiro atoms. The second-order valence-electron chi connectivity index (χ2n) is 10.5. The number of hydrogen-bond donors (Lipinski definition) is 3. The molecule has 0 aromatic carbocycles. The highest BCUT2D eigenvalue weighted by molar-refractivity contribution is 8.13. The van der Waals surface area contributed by atoms with Gasteiger partial charge in [-0.25, -0.2) is 0 Å². The predicted molar refractivity (Wildman–Crippen MR) is 156 cm³/mol. The van der Waals surface area contributed by atoms with Crippen molar-refractivity contribution in [2.24, 2.45) is 5.92 Å². The first-order chi connectivity index (χ1) is 19.0. The lowest BCUT2D eigenvalue weighted by atomic mass is 10.00. The van der Waals surface area contributed by atoms with Crippen LogP contribution < -0.4 is 16.0 Å². The largest absolute Gasteiger partial charge is 0.380 e. The standard InChI is InChI=1S/C27H44N4O7S2/c1-17(2)23-26(36)29-21(11-13-38-14-16-40-19(4)33)27(37)31-12-8-10-22(31)25(35)28-20(24(34)30-23)9-6-5-7-15-39-18(3)32/h17,20-23H,5-16H2,1-4H3,(H,28,35)(H,29,36)(H,30,34)/t20-,21-,22-,23-/m0/s1. The van der Waals surface area contributed by atoms with Crippen molar-refractivity contribution in [2.45, 2.75) is 96.8 Å². The topological polar surface area (TPSA) is 151 Å². The Bertz CT molecular complexity index is 917. The van der Waals surface area contributed by atoms with Crippen LogP contribution in [0.3, 0.4) is 0 Å². The fourth-order valence-corrected chi connectivity index (χ4v) is 5.86. The van der Waals surface area contributed by atoms with Crippen molar-refractivity contribution in [2.75, 3.05) is 31.3 Å². The lowest BCUT2D eigenvalue weighted by Gasteiger charge is -2.33. The first-order valence-corrected chi connectivity index (χ1v) is 16.0. The number of amides is 4. The number of ether oxygens (including phenoxy) is 1. The van der Waals surface area contributed by atoms with Crippen LogP contribution in [0.25, 0.3) is 0 Å². The van der Waals surface area contributed by atoms with Gasteiger partial charge in [0.05, 0.1) is 6.61 Å². The average molecular weight is 601 g/mol. The first kappa shape index (κ1) is 34.1. The lowest BCUT2D eigenvalue weighted by molar-refractivity contribution is -0.144. The van der Waals surface area contributed by atoms with E-state index >= 15 is 0 Å². The van der Waals surface area contributed by atoms with E-state index in [0.29, 0.717) is 50.3 Å². The van der Waals surface area contributed by atoms with E-state index in [2.05, 4.69) is 16.0 Å². The average Bonchev–Trinajstić information content (AvgIpc) is 3.38. The van der Waals surface area contributed by atoms with E-state index < -0.39 is 36.0 Å². The van der Waals surface area contributed by atoms with E-state index in [4.69, 9.17) is 4.74 Å². The summed E-state index contributed by atoms with van der Waals surface area (Å²) in [5.74, 6) is -0.673. The number of hydrogen-bond acceptors (Lipinski definition) is 9. The molecule has 11 nitrogen and oxygen atoms in total. The number of nitrogens with one attached hydrogen (secondary N) is 3. The van der Waals surface area contributed by atoms with Crippen molar-refractivity contribution in [1.29, 1.82) is 0 Å². The van der Waals surface area contributed by atoms with Crippen molar-refractivity contribution in [1.82, 2.24) is 20.9 Å². The zero-order chi connectivity index (χ0) is 29.7. The maximum atomic E-state index is 13.6. The second kappa shape index (κ2) is 17.6. The molecule has 226 valence electrons. The zero-order valence-corrected chi connectivity index (χ0v) is 25.6. The summed E-state index contributed by atoms with van der Waals surface area (Å²) in [4.78, 5) is 77.3. The van der Waals surface area contributed by atoms with Crippen molar-refractivity contribution >= 4 is 57.4 Å². The van der Waals surface area contributed by atoms with E-state index in [9.17, 15) is 28.8 Å². The Kier molecular flexibility index (Phi) is 15.0. The van der Waals surface area contributed by atoms with E-state index in [1.807, 2.05) is 0 Å². The number of nitrogens with zero attached hydrogens (tertiary/aromatic N) is 1. The van der Waals surface area contributed by atoms with E-state index in [1.54, 1.807) is 13.8 Å². The molecule has 2 aliphatic heterocycles. The minimum Gasteiger partial charge on any atom is -0.380 e. The van der Waals surface area contributed by atoms with Crippen LogP contribution in [0.1, 0.15) is 72.6 Å². The van der Waals surface area contributed by atoms with Crippen LogP contribution in [-0.4, -0.2) is 94.2 Å². The molecular formula is C27H44N4O7S2. The molecule has 2 heterocycles. The van der Waals surface area contributed by atoms with Gasteiger partial charge in [-0.05, 0) is 38.0 Å². The highest BCUT2D eigenvalue weighted by atomic mass is 32.2. The Morgan fingerprint density at radius 2 is 1.52 bits per heavy atom. The SMILES string of the molecule is CC(=O)SCCCCC[C@@H]1NC(=O)[C@@H]2CCCN2C(=O)[C@H](CCOCCSC(C)=O)NC(=O)[C@H](C(C)C)NC1=O. The van der Waals surface area contributed by atoms with E-state index in [1.165, 1.54) is 30.5 Å². The van der Waals surface area contributed by atoms with Gasteiger partial charge in [0.2, 0.25) is 23.6 Å². The van der Waals surface area contributed by atoms with Crippen LogP contribution in [0, 0.1) is 5.92 Å². The second-order valence-corrected chi connectivity index (χ2v) is 13.0. The molecule has 0 unspecified atom stereocenters. The van der Waals surface area contributed by atoms with Crippen LogP contribution in [0.5, 0.6) is 0 Å². The fraction of sp³-hybridized carbons (Fsp3) is 0.778. The summed E-state index contributed by atoms with van der Waals surface area (Å²) in [6.07, 6.45) is 3.97. The number of carbonyl (C=O) groups excluding carboxylic acids is 6. The normalized spacial score (nSPS) is 24.1. The van der Waals surface area contributed by atoms with E-state index in [0.717, 1.165) is 24.6 Å². The maximum absolute atomic E-state index is 13.6. The first-order valence-electron chi connectivity index (χ1n) is 14.1. The van der Waals surface area contributed by atoms with Gasteiger partial charge in [0.15, 0.2) is 10.2 Å². The van der Waals surface area contributed by atoms with Gasteiger partial charge in [-0.2, -0.15) is 0 Å². The molecule has 0 bridgehead atoms. The van der Waals surface area contributed by atoms with Gasteiger partial charge in [0.25, 0.3) is 0 Å². The third-order valence-electron chi connectivity index (χ3n) is 6.86. The van der Waals surface area contributed by atoms with Gasteiger partial charge in [-0.1, -0.05) is 50.2 Å². The molecular weight excluding hydrogens is 556 g/mol. The number of fused-ring (bicyclic) bond motifs is 1. The van der Waals surface area contributed by atoms with E-state index in [-0.39, 0.29) is 41.0 Å². The van der Waals surface area contributed by atoms with Gasteiger partial charge >= 0.3 is 0 Å². The number of thioether (sulfide) groups is 2. The molecule has 2 saturated heterocycles. The smallest absolute Gasteiger partial charge is 0.245 e. The summed E-state index contributed by atoms with van der Waals surface area (Å²) in [7, 11) is 0. The summed E-state index contributed by atoms with van der Waals surface area (Å²) < 4.78 is 5.59. The van der Waals surface area contributed by atoms with Crippen molar-refractivity contribution < 1.29 is 33.5 Å². The van der Waals surface area contributed by atoms with Gasteiger partial charge in [-0.15, -0.1) is 0 Å². The maximum Gasteiger partial charge on any atom is 0.245 e. The van der Waals surface area contributed by atoms with Gasteiger partial charge in [-0.3, -0.25) is 28.8 Å². The lowest BCUT2D eigenvalue weighted by Crippen LogP contribution is -2.62. The zero-order valence-electron chi connectivity index (χ0n) is 24.0. The Morgan fingerprint density at radius 3 is 2.20 bits per heavy atom. The highest BCUT2D eigenvalue weighted by Gasteiger charge is 2.40. The quantitative estimate of drug-likeness (QED) is 0.268. The van der Waals surface area contributed by atoms with Crippen molar-refractivity contribution in [3.63, 3.8) is 0 Å². The predicted octanol–water partition coefficient (Wildman–Crippen LogP) is 1.63. The van der Waals surface area contributed by atoms with Crippen LogP contribution in [0.2, 0.25) is 0 Å². The molecule has 3 N–H and O–H groups in total. The Hall–Kier alpha value is -2.12. The number of rotatable bonds is 13. The number of unbranched alkanes of at least 4 members (excludes halogenated alkanes) is 2. The Balaban J connectivity index is 2.15. The molecule has 4 atom stereocenters. The summed E-state index contributed by atoms with van der Waals surface area (Å²) in [5.41, 5.74) is 0. The molecule has 2 rings (SSSR count). The summed E-state index contributed by atoms with van der Waals surface area (Å²) >= 11 is 2.42. The van der Waals surface area contributed by atoms with Crippen molar-refractivity contribution in [3.8, 4) is 0 Å². The third-order valence-corrected chi connectivity index (χ3v) is 8.54. The Morgan fingerprint density at radius 1 is 0.850 bits per heavy atom. The molecule has 0 aromatic rings. The summed E-state index contributed by atoms with van der Waals surface area (Å²) in [6.45, 7) is 7.52. The van der Waals surface area contributed by atoms with Crippen LogP contribution in [0.15, 0.2) is 0 Å². The summed E-state index contributed by atoms with van der Waals surface area (Å²) in [6, 6.07) is -3.36. The van der Waals surface area contributed by atoms with Gasteiger partial charge < -0.3 is 25.6 Å². The molecule has 4 amide bonds. The van der Waals surface area contributed by atoms with Crippen LogP contribution in [0.4, 0.5) is 0 Å². The fourth-order valence-electron chi connectivity index (χ4n) is 4.74. The monoisotopic (exact) mass is 600 g/mol.